The smallest absolute Gasteiger partial charge is 0.492 e. The zero-order chi connectivity index (χ0) is 14.6. The number of hydrogen-bond acceptors (Lipinski definition) is 2. The minimum absolute atomic E-state index is 0.0152. The van der Waals surface area contributed by atoms with E-state index in [1.807, 2.05) is 6.07 Å². The normalized spacial score (nSPS) is 10.9. The van der Waals surface area contributed by atoms with E-state index in [-0.39, 0.29) is 12.4 Å². The van der Waals surface area contributed by atoms with Crippen LogP contribution in [-0.2, 0) is 6.61 Å². The number of nitriles is 1. The number of ether oxygens (including phenoxy) is 1. The zero-order valence-electron chi connectivity index (χ0n) is 10.4. The van der Waals surface area contributed by atoms with Gasteiger partial charge in [0, 0.05) is 0 Å². The highest BCUT2D eigenvalue weighted by Gasteiger charge is 2.28. The number of halogens is 3. The molecule has 0 N–H and O–H groups in total. The summed E-state index contributed by atoms with van der Waals surface area (Å²) < 4.78 is 43.7. The molecule has 0 aliphatic rings. The Labute approximate surface area is 114 Å². The summed E-state index contributed by atoms with van der Waals surface area (Å²) >= 11 is 0. The van der Waals surface area contributed by atoms with Crippen molar-refractivity contribution in [1.82, 2.24) is 0 Å². The highest BCUT2D eigenvalue weighted by Crippen LogP contribution is 2.18. The molecule has 0 aliphatic carbocycles. The summed E-state index contributed by atoms with van der Waals surface area (Å²) in [6.45, 7) is -5.12. The van der Waals surface area contributed by atoms with Crippen LogP contribution >= 0.6 is 0 Å². The molecule has 2 nitrogen and oxygen atoms in total. The van der Waals surface area contributed by atoms with Gasteiger partial charge in [0.1, 0.15) is 6.61 Å². The van der Waals surface area contributed by atoms with E-state index in [0.29, 0.717) is 11.1 Å². The van der Waals surface area contributed by atoms with Crippen LogP contribution in [0.1, 0.15) is 11.1 Å². The molecular weight excluding hydrogens is 266 g/mol. The number of rotatable bonds is 4. The monoisotopic (exact) mass is 276 g/mol. The van der Waals surface area contributed by atoms with Crippen molar-refractivity contribution in [2.45, 2.75) is 6.61 Å². The molecule has 0 heterocycles. The average molecular weight is 276 g/mol. The first-order chi connectivity index (χ1) is 9.50. The average Bonchev–Trinajstić information content (AvgIpc) is 2.44. The summed E-state index contributed by atoms with van der Waals surface area (Å²) in [5.41, 5.74) is 0.344. The number of benzene rings is 2. The van der Waals surface area contributed by atoms with E-state index in [0.717, 1.165) is 6.07 Å². The summed E-state index contributed by atoms with van der Waals surface area (Å²) in [5, 5.41) is 8.76. The molecular formula is C14H10BF3NO-. The second kappa shape index (κ2) is 5.70. The van der Waals surface area contributed by atoms with Crippen molar-refractivity contribution < 1.29 is 17.7 Å². The van der Waals surface area contributed by atoms with Gasteiger partial charge >= 0.3 is 6.98 Å². The highest BCUT2D eigenvalue weighted by molar-refractivity contribution is 6.74. The Hall–Kier alpha value is -2.42. The molecule has 2 aromatic rings. The summed E-state index contributed by atoms with van der Waals surface area (Å²) in [5.74, 6) is -0.192. The topological polar surface area (TPSA) is 33.0 Å². The second-order valence-corrected chi connectivity index (χ2v) is 4.21. The molecule has 2 rings (SSSR count). The quantitative estimate of drug-likeness (QED) is 0.803. The third-order valence-electron chi connectivity index (χ3n) is 2.72. The van der Waals surface area contributed by atoms with Gasteiger partial charge in [0.25, 0.3) is 0 Å². The summed E-state index contributed by atoms with van der Waals surface area (Å²) in [6, 6.07) is 13.6. The van der Waals surface area contributed by atoms with Crippen molar-refractivity contribution >= 4 is 12.4 Å². The lowest BCUT2D eigenvalue weighted by Crippen LogP contribution is -2.35. The standard InChI is InChI=1S/C14H10BF3NO/c16-15(17,18)13-6-1-2-7-14(13)20-10-12-5-3-4-11(8-12)9-19/h1-8H,10H2/q-1. The molecule has 0 aliphatic heterocycles. The van der Waals surface area contributed by atoms with Gasteiger partial charge in [-0.25, -0.2) is 0 Å². The molecule has 20 heavy (non-hydrogen) atoms. The van der Waals surface area contributed by atoms with Crippen molar-refractivity contribution in [3.63, 3.8) is 0 Å². The number of hydrogen-bond donors (Lipinski definition) is 0. The fourth-order valence-electron chi connectivity index (χ4n) is 1.77. The van der Waals surface area contributed by atoms with E-state index in [1.165, 1.54) is 18.2 Å². The Morgan fingerprint density at radius 1 is 1.05 bits per heavy atom. The molecule has 0 radical (unpaired) electrons. The SMILES string of the molecule is N#Cc1cccc(COc2ccccc2[B-](F)(F)F)c1. The van der Waals surface area contributed by atoms with Crippen LogP contribution < -0.4 is 10.2 Å². The Kier molecular flexibility index (Phi) is 3.99. The van der Waals surface area contributed by atoms with Crippen LogP contribution in [0.2, 0.25) is 0 Å². The van der Waals surface area contributed by atoms with Gasteiger partial charge in [-0.15, -0.1) is 0 Å². The third kappa shape index (κ3) is 3.32. The first-order valence-electron chi connectivity index (χ1n) is 5.91. The molecule has 0 saturated heterocycles. The van der Waals surface area contributed by atoms with Crippen LogP contribution in [0.4, 0.5) is 12.9 Å². The van der Waals surface area contributed by atoms with Crippen LogP contribution in [0.3, 0.4) is 0 Å². The lowest BCUT2D eigenvalue weighted by Gasteiger charge is -2.19. The van der Waals surface area contributed by atoms with Crippen molar-refractivity contribution in [1.29, 1.82) is 5.26 Å². The van der Waals surface area contributed by atoms with Gasteiger partial charge in [0.2, 0.25) is 0 Å². The van der Waals surface area contributed by atoms with E-state index < -0.39 is 12.4 Å². The van der Waals surface area contributed by atoms with E-state index in [1.54, 1.807) is 24.3 Å². The lowest BCUT2D eigenvalue weighted by atomic mass is 9.79. The predicted molar refractivity (Wildman–Crippen MR) is 70.6 cm³/mol. The fourth-order valence-corrected chi connectivity index (χ4v) is 1.77. The van der Waals surface area contributed by atoms with Gasteiger partial charge in [0.05, 0.1) is 17.4 Å². The Morgan fingerprint density at radius 2 is 1.80 bits per heavy atom. The van der Waals surface area contributed by atoms with Gasteiger partial charge < -0.3 is 17.7 Å². The molecule has 0 spiro atoms. The fraction of sp³-hybridized carbons (Fsp3) is 0.0714. The summed E-state index contributed by atoms with van der Waals surface area (Å²) in [6.07, 6.45) is 0. The third-order valence-corrected chi connectivity index (χ3v) is 2.72. The summed E-state index contributed by atoms with van der Waals surface area (Å²) in [7, 11) is 0. The van der Waals surface area contributed by atoms with Crippen molar-refractivity contribution in [3.8, 4) is 11.8 Å². The largest absolute Gasteiger partial charge is 0.513 e. The van der Waals surface area contributed by atoms with Crippen molar-refractivity contribution in [2.24, 2.45) is 0 Å². The van der Waals surface area contributed by atoms with Crippen molar-refractivity contribution in [3.05, 3.63) is 59.7 Å². The predicted octanol–water partition coefficient (Wildman–Crippen LogP) is 3.19. The van der Waals surface area contributed by atoms with Gasteiger partial charge in [-0.1, -0.05) is 35.8 Å². The molecule has 6 heteroatoms. The number of nitrogens with zero attached hydrogens (tertiary/aromatic N) is 1. The second-order valence-electron chi connectivity index (χ2n) is 4.21. The number of para-hydroxylation sites is 1. The van der Waals surface area contributed by atoms with Crippen LogP contribution in [0.25, 0.3) is 0 Å². The highest BCUT2D eigenvalue weighted by atomic mass is 19.4. The molecule has 0 bridgehead atoms. The maximum absolute atomic E-state index is 12.8. The molecule has 0 amide bonds. The Bertz CT molecular complexity index is 649. The maximum atomic E-state index is 12.8. The zero-order valence-corrected chi connectivity index (χ0v) is 10.4. The summed E-state index contributed by atoms with van der Waals surface area (Å²) in [4.78, 5) is 0. The van der Waals surface area contributed by atoms with E-state index in [4.69, 9.17) is 10.00 Å². The van der Waals surface area contributed by atoms with Crippen LogP contribution in [0, 0.1) is 11.3 Å². The van der Waals surface area contributed by atoms with Crippen molar-refractivity contribution in [2.75, 3.05) is 0 Å². The molecule has 0 saturated carbocycles. The molecule has 0 aromatic heterocycles. The first kappa shape index (κ1) is 14.0. The van der Waals surface area contributed by atoms with Gasteiger partial charge in [-0.2, -0.15) is 5.26 Å². The Morgan fingerprint density at radius 3 is 2.50 bits per heavy atom. The van der Waals surface area contributed by atoms with Crippen LogP contribution in [-0.4, -0.2) is 6.98 Å². The van der Waals surface area contributed by atoms with Crippen LogP contribution in [0.15, 0.2) is 48.5 Å². The molecule has 2 aromatic carbocycles. The Balaban J connectivity index is 2.17. The van der Waals surface area contributed by atoms with Gasteiger partial charge in [0.15, 0.2) is 0 Å². The molecule has 0 fully saturated rings. The lowest BCUT2D eigenvalue weighted by molar-refractivity contribution is 0.307. The van der Waals surface area contributed by atoms with E-state index in [2.05, 4.69) is 0 Å². The molecule has 0 unspecified atom stereocenters. The van der Waals surface area contributed by atoms with E-state index >= 15 is 0 Å². The minimum atomic E-state index is -5.11. The van der Waals surface area contributed by atoms with Crippen LogP contribution in [0.5, 0.6) is 5.75 Å². The van der Waals surface area contributed by atoms with E-state index in [9.17, 15) is 12.9 Å². The van der Waals surface area contributed by atoms with Gasteiger partial charge in [-0.3, -0.25) is 0 Å². The first-order valence-corrected chi connectivity index (χ1v) is 5.91. The molecule has 102 valence electrons. The minimum Gasteiger partial charge on any atom is -0.492 e. The van der Waals surface area contributed by atoms with Gasteiger partial charge in [-0.05, 0) is 23.8 Å². The maximum Gasteiger partial charge on any atom is 0.513 e. The molecule has 0 atom stereocenters.